The second-order valence-electron chi connectivity index (χ2n) is 6.03. The van der Waals surface area contributed by atoms with Gasteiger partial charge in [0.25, 0.3) is 0 Å². The molecule has 5 atom stereocenters. The van der Waals surface area contributed by atoms with Crippen LogP contribution in [-0.2, 0) is 4.84 Å². The minimum absolute atomic E-state index is 0.419. The van der Waals surface area contributed by atoms with Crippen molar-refractivity contribution in [2.75, 3.05) is 6.54 Å². The lowest BCUT2D eigenvalue weighted by Gasteiger charge is -2.31. The van der Waals surface area contributed by atoms with Crippen LogP contribution in [0.4, 0.5) is 0 Å². The largest absolute Gasteiger partial charge is 0.294 e. The Labute approximate surface area is 113 Å². The molecule has 1 aromatic carbocycles. The van der Waals surface area contributed by atoms with Crippen molar-refractivity contribution < 1.29 is 4.84 Å². The first-order valence-electron chi connectivity index (χ1n) is 6.93. The topological polar surface area (TPSA) is 12.5 Å². The van der Waals surface area contributed by atoms with Gasteiger partial charge in [0, 0.05) is 23.4 Å². The third-order valence-electron chi connectivity index (χ3n) is 4.84. The van der Waals surface area contributed by atoms with Crippen molar-refractivity contribution >= 4 is 11.6 Å². The summed E-state index contributed by atoms with van der Waals surface area (Å²) in [6.45, 7) is 3.45. The molecule has 0 amide bonds. The molecule has 2 saturated heterocycles. The summed E-state index contributed by atoms with van der Waals surface area (Å²) < 4.78 is 0. The summed E-state index contributed by atoms with van der Waals surface area (Å²) in [5.74, 6) is 2.31. The summed E-state index contributed by atoms with van der Waals surface area (Å²) in [6, 6.07) is 8.66. The van der Waals surface area contributed by atoms with Gasteiger partial charge in [-0.2, -0.15) is 5.06 Å². The number of hydroxylamine groups is 2. The van der Waals surface area contributed by atoms with Crippen LogP contribution in [0.1, 0.15) is 31.4 Å². The lowest BCUT2D eigenvalue weighted by Crippen LogP contribution is -2.35. The first kappa shape index (κ1) is 11.3. The molecule has 96 valence electrons. The minimum atomic E-state index is 0.419. The van der Waals surface area contributed by atoms with Crippen molar-refractivity contribution in [3.05, 3.63) is 34.9 Å². The van der Waals surface area contributed by atoms with E-state index in [9.17, 15) is 0 Å². The van der Waals surface area contributed by atoms with Crippen LogP contribution in [0.3, 0.4) is 0 Å². The van der Waals surface area contributed by atoms with E-state index in [1.54, 1.807) is 0 Å². The molecule has 3 aliphatic rings. The Bertz CT molecular complexity index is 454. The Hall–Kier alpha value is -0.570. The van der Waals surface area contributed by atoms with Crippen LogP contribution in [0, 0.1) is 17.8 Å². The molecule has 1 saturated carbocycles. The van der Waals surface area contributed by atoms with Gasteiger partial charge in [0.15, 0.2) is 0 Å². The highest BCUT2D eigenvalue weighted by Crippen LogP contribution is 2.53. The van der Waals surface area contributed by atoms with Gasteiger partial charge in [-0.1, -0.05) is 30.7 Å². The maximum absolute atomic E-state index is 6.10. The first-order valence-corrected chi connectivity index (χ1v) is 7.31. The standard InChI is InChI=1S/C15H18ClNO/c1-9-14(11-4-6-12(16)7-5-11)17-8-13(10-2-3-10)15(9)18-17/h4-7,9-10,13-15H,2-3,8H2,1H3/t9-,13-,14-,15-/m1/s1. The second kappa shape index (κ2) is 3.96. The maximum atomic E-state index is 6.10. The van der Waals surface area contributed by atoms with Crippen LogP contribution in [0.25, 0.3) is 0 Å². The number of fused-ring (bicyclic) bond motifs is 2. The average molecular weight is 264 g/mol. The number of hydrogen-bond acceptors (Lipinski definition) is 2. The van der Waals surface area contributed by atoms with E-state index in [1.807, 2.05) is 12.1 Å². The molecule has 2 heterocycles. The fourth-order valence-corrected chi connectivity index (χ4v) is 3.89. The van der Waals surface area contributed by atoms with E-state index in [0.717, 1.165) is 23.4 Å². The molecule has 1 unspecified atom stereocenters. The summed E-state index contributed by atoms with van der Waals surface area (Å²) in [7, 11) is 0. The van der Waals surface area contributed by atoms with Gasteiger partial charge in [0.1, 0.15) is 0 Å². The van der Waals surface area contributed by atoms with Crippen molar-refractivity contribution in [1.82, 2.24) is 5.06 Å². The molecule has 3 fully saturated rings. The van der Waals surface area contributed by atoms with Gasteiger partial charge in [-0.3, -0.25) is 4.84 Å². The fraction of sp³-hybridized carbons (Fsp3) is 0.600. The van der Waals surface area contributed by atoms with Gasteiger partial charge in [-0.15, -0.1) is 0 Å². The molecule has 0 spiro atoms. The predicted molar refractivity (Wildman–Crippen MR) is 71.2 cm³/mol. The van der Waals surface area contributed by atoms with E-state index in [1.165, 1.54) is 18.4 Å². The summed E-state index contributed by atoms with van der Waals surface area (Å²) in [6.07, 6.45) is 3.27. The van der Waals surface area contributed by atoms with E-state index in [0.29, 0.717) is 18.1 Å². The smallest absolute Gasteiger partial charge is 0.0881 e. The van der Waals surface area contributed by atoms with Crippen LogP contribution >= 0.6 is 11.6 Å². The second-order valence-corrected chi connectivity index (χ2v) is 6.46. The first-order chi connectivity index (χ1) is 8.74. The molecule has 1 aromatic rings. The van der Waals surface area contributed by atoms with E-state index >= 15 is 0 Å². The molecule has 0 radical (unpaired) electrons. The van der Waals surface area contributed by atoms with Crippen molar-refractivity contribution in [1.29, 1.82) is 0 Å². The number of hydrogen-bond donors (Lipinski definition) is 0. The zero-order chi connectivity index (χ0) is 12.3. The minimum Gasteiger partial charge on any atom is -0.294 e. The Morgan fingerprint density at radius 1 is 1.22 bits per heavy atom. The number of halogens is 1. The molecule has 18 heavy (non-hydrogen) atoms. The van der Waals surface area contributed by atoms with Gasteiger partial charge in [-0.05, 0) is 36.5 Å². The van der Waals surface area contributed by atoms with Crippen molar-refractivity contribution in [2.45, 2.75) is 31.9 Å². The normalized spacial score (nSPS) is 42.4. The van der Waals surface area contributed by atoms with Gasteiger partial charge >= 0.3 is 0 Å². The summed E-state index contributed by atoms with van der Waals surface area (Å²) in [5, 5.41) is 3.03. The highest BCUT2D eigenvalue weighted by molar-refractivity contribution is 6.30. The summed E-state index contributed by atoms with van der Waals surface area (Å²) in [5.41, 5.74) is 1.34. The molecule has 2 aliphatic heterocycles. The molecular formula is C15H18ClNO. The van der Waals surface area contributed by atoms with Gasteiger partial charge in [0.05, 0.1) is 12.1 Å². The zero-order valence-electron chi connectivity index (χ0n) is 10.6. The summed E-state index contributed by atoms with van der Waals surface area (Å²) in [4.78, 5) is 6.10. The zero-order valence-corrected chi connectivity index (χ0v) is 11.3. The average Bonchev–Trinajstić information content (AvgIpc) is 3.06. The number of rotatable bonds is 2. The molecule has 0 aromatic heterocycles. The van der Waals surface area contributed by atoms with E-state index < -0.39 is 0 Å². The van der Waals surface area contributed by atoms with Crippen LogP contribution < -0.4 is 0 Å². The van der Waals surface area contributed by atoms with Crippen LogP contribution in [0.15, 0.2) is 24.3 Å². The fourth-order valence-electron chi connectivity index (χ4n) is 3.77. The van der Waals surface area contributed by atoms with Crippen molar-refractivity contribution in [3.63, 3.8) is 0 Å². The number of benzene rings is 1. The lowest BCUT2D eigenvalue weighted by molar-refractivity contribution is -0.113. The lowest BCUT2D eigenvalue weighted by atomic mass is 9.80. The quantitative estimate of drug-likeness (QED) is 0.807. The Morgan fingerprint density at radius 3 is 2.56 bits per heavy atom. The SMILES string of the molecule is C[C@H]1[C@H]2ON(C[C@@H]2C2CC2)[C@H]1c1ccc(Cl)cc1. The Kier molecular flexibility index (Phi) is 2.48. The van der Waals surface area contributed by atoms with Gasteiger partial charge < -0.3 is 0 Å². The third-order valence-corrected chi connectivity index (χ3v) is 5.09. The van der Waals surface area contributed by atoms with E-state index in [4.69, 9.17) is 16.4 Å². The molecule has 3 heteroatoms. The Balaban J connectivity index is 1.59. The van der Waals surface area contributed by atoms with E-state index in [-0.39, 0.29) is 0 Å². The monoisotopic (exact) mass is 263 g/mol. The highest BCUT2D eigenvalue weighted by Gasteiger charge is 2.55. The molecule has 2 nitrogen and oxygen atoms in total. The van der Waals surface area contributed by atoms with E-state index in [2.05, 4.69) is 24.1 Å². The maximum Gasteiger partial charge on any atom is 0.0881 e. The molecule has 4 rings (SSSR count). The van der Waals surface area contributed by atoms with Gasteiger partial charge in [-0.25, -0.2) is 0 Å². The van der Waals surface area contributed by atoms with Crippen molar-refractivity contribution in [3.8, 4) is 0 Å². The Morgan fingerprint density at radius 2 is 1.94 bits per heavy atom. The number of nitrogens with zero attached hydrogens (tertiary/aromatic N) is 1. The third kappa shape index (κ3) is 1.63. The molecule has 0 N–H and O–H groups in total. The van der Waals surface area contributed by atoms with Gasteiger partial charge in [0.2, 0.25) is 0 Å². The number of piperidine rings is 1. The van der Waals surface area contributed by atoms with Crippen LogP contribution in [0.5, 0.6) is 0 Å². The molecule has 1 aliphatic carbocycles. The highest BCUT2D eigenvalue weighted by atomic mass is 35.5. The predicted octanol–water partition coefficient (Wildman–Crippen LogP) is 3.67. The molecule has 2 bridgehead atoms. The van der Waals surface area contributed by atoms with Crippen LogP contribution in [0.2, 0.25) is 5.02 Å². The molecular weight excluding hydrogens is 246 g/mol. The van der Waals surface area contributed by atoms with Crippen molar-refractivity contribution in [2.24, 2.45) is 17.8 Å². The summed E-state index contributed by atoms with van der Waals surface area (Å²) >= 11 is 5.96. The van der Waals surface area contributed by atoms with Crippen LogP contribution in [-0.4, -0.2) is 17.7 Å².